The molecule has 1 aliphatic rings. The van der Waals surface area contributed by atoms with Gasteiger partial charge in [-0.25, -0.2) is 0 Å². The van der Waals surface area contributed by atoms with Gasteiger partial charge in [-0.3, -0.25) is 0 Å². The molecule has 110 valence electrons. The van der Waals surface area contributed by atoms with Crippen LogP contribution in [-0.4, -0.2) is 19.7 Å². The van der Waals surface area contributed by atoms with E-state index in [0.717, 1.165) is 24.8 Å². The Kier molecular flexibility index (Phi) is 4.26. The van der Waals surface area contributed by atoms with Crippen molar-refractivity contribution in [1.82, 2.24) is 5.32 Å². The maximum Gasteiger partial charge on any atom is 0.126 e. The zero-order chi connectivity index (χ0) is 14.7. The molecule has 0 radical (unpaired) electrons. The van der Waals surface area contributed by atoms with E-state index in [1.165, 1.54) is 34.8 Å². The molecule has 0 heterocycles. The second-order valence-corrected chi connectivity index (χ2v) is 5.71. The zero-order valence-electron chi connectivity index (χ0n) is 12.9. The molecule has 0 aliphatic heterocycles. The Morgan fingerprint density at radius 3 is 2.76 bits per heavy atom. The smallest absolute Gasteiger partial charge is 0.126 e. The second-order valence-electron chi connectivity index (χ2n) is 5.71. The van der Waals surface area contributed by atoms with Crippen molar-refractivity contribution in [2.45, 2.75) is 32.2 Å². The Bertz CT molecular complexity index is 656. The van der Waals surface area contributed by atoms with Crippen LogP contribution in [0.25, 0.3) is 16.8 Å². The van der Waals surface area contributed by atoms with Crippen molar-refractivity contribution >= 4 is 16.8 Å². The predicted molar refractivity (Wildman–Crippen MR) is 89.8 cm³/mol. The first kappa shape index (κ1) is 14.2. The average molecular weight is 281 g/mol. The fourth-order valence-electron chi connectivity index (χ4n) is 2.65. The molecule has 1 aliphatic carbocycles. The van der Waals surface area contributed by atoms with Crippen LogP contribution in [0.1, 0.15) is 31.7 Å². The quantitative estimate of drug-likeness (QED) is 0.847. The standard InChI is InChI=1S/C19H23NO/c1-3-14(13-20-16-9-10-16)12-18-17-7-5-4-6-15(17)8-11-19(18)21-2/h4-8,11-12,16,20H,3,9-10,13H2,1-2H3. The summed E-state index contributed by atoms with van der Waals surface area (Å²) in [5.74, 6) is 0.950. The van der Waals surface area contributed by atoms with Gasteiger partial charge in [0, 0.05) is 18.2 Å². The first-order valence-corrected chi connectivity index (χ1v) is 7.80. The Labute approximate surface area is 126 Å². The van der Waals surface area contributed by atoms with Gasteiger partial charge in [-0.05, 0) is 36.1 Å². The molecule has 0 atom stereocenters. The highest BCUT2D eigenvalue weighted by molar-refractivity contribution is 5.93. The fourth-order valence-corrected chi connectivity index (χ4v) is 2.65. The molecule has 1 N–H and O–H groups in total. The molecule has 0 saturated heterocycles. The van der Waals surface area contributed by atoms with Gasteiger partial charge < -0.3 is 10.1 Å². The SMILES string of the molecule is CCC(=Cc1c(OC)ccc2ccccc12)CNC1CC1. The van der Waals surface area contributed by atoms with E-state index in [9.17, 15) is 0 Å². The van der Waals surface area contributed by atoms with E-state index < -0.39 is 0 Å². The number of hydrogen-bond acceptors (Lipinski definition) is 2. The lowest BCUT2D eigenvalue weighted by molar-refractivity contribution is 0.414. The van der Waals surface area contributed by atoms with Crippen LogP contribution >= 0.6 is 0 Å². The van der Waals surface area contributed by atoms with E-state index in [4.69, 9.17) is 4.74 Å². The molecule has 3 rings (SSSR count). The maximum atomic E-state index is 5.57. The van der Waals surface area contributed by atoms with Crippen molar-refractivity contribution in [3.8, 4) is 5.75 Å². The van der Waals surface area contributed by atoms with E-state index in [-0.39, 0.29) is 0 Å². The van der Waals surface area contributed by atoms with Crippen molar-refractivity contribution in [3.63, 3.8) is 0 Å². The molecule has 21 heavy (non-hydrogen) atoms. The Morgan fingerprint density at radius 2 is 2.05 bits per heavy atom. The molecular weight excluding hydrogens is 258 g/mol. The van der Waals surface area contributed by atoms with E-state index >= 15 is 0 Å². The lowest BCUT2D eigenvalue weighted by atomic mass is 10.0. The number of benzene rings is 2. The summed E-state index contributed by atoms with van der Waals surface area (Å²) in [4.78, 5) is 0. The van der Waals surface area contributed by atoms with Gasteiger partial charge in [-0.1, -0.05) is 48.9 Å². The van der Waals surface area contributed by atoms with Gasteiger partial charge in [0.2, 0.25) is 0 Å². The van der Waals surface area contributed by atoms with Crippen LogP contribution in [0.4, 0.5) is 0 Å². The second kappa shape index (κ2) is 6.31. The Hall–Kier alpha value is -1.80. The summed E-state index contributed by atoms with van der Waals surface area (Å²) in [6.45, 7) is 3.20. The van der Waals surface area contributed by atoms with Crippen molar-refractivity contribution in [3.05, 3.63) is 47.5 Å². The summed E-state index contributed by atoms with van der Waals surface area (Å²) in [5.41, 5.74) is 2.63. The summed E-state index contributed by atoms with van der Waals surface area (Å²) in [6.07, 6.45) is 6.02. The van der Waals surface area contributed by atoms with Gasteiger partial charge in [0.1, 0.15) is 5.75 Å². The highest BCUT2D eigenvalue weighted by Crippen LogP contribution is 2.30. The lowest BCUT2D eigenvalue weighted by Crippen LogP contribution is -2.18. The van der Waals surface area contributed by atoms with Crippen LogP contribution in [-0.2, 0) is 0 Å². The van der Waals surface area contributed by atoms with E-state index in [1.807, 2.05) is 0 Å². The van der Waals surface area contributed by atoms with Gasteiger partial charge in [-0.15, -0.1) is 0 Å². The van der Waals surface area contributed by atoms with Crippen molar-refractivity contribution in [2.75, 3.05) is 13.7 Å². The fraction of sp³-hybridized carbons (Fsp3) is 0.368. The van der Waals surface area contributed by atoms with Gasteiger partial charge in [-0.2, -0.15) is 0 Å². The minimum absolute atomic E-state index is 0.745. The summed E-state index contributed by atoms with van der Waals surface area (Å²) in [6, 6.07) is 13.4. The molecule has 1 saturated carbocycles. The molecule has 0 spiro atoms. The molecule has 0 amide bonds. The molecule has 2 heteroatoms. The lowest BCUT2D eigenvalue weighted by Gasteiger charge is -2.12. The van der Waals surface area contributed by atoms with E-state index in [0.29, 0.717) is 0 Å². The summed E-state index contributed by atoms with van der Waals surface area (Å²) < 4.78 is 5.57. The number of nitrogens with one attached hydrogen (secondary N) is 1. The van der Waals surface area contributed by atoms with Crippen LogP contribution in [0.15, 0.2) is 42.0 Å². The zero-order valence-corrected chi connectivity index (χ0v) is 12.9. The van der Waals surface area contributed by atoms with Gasteiger partial charge in [0.25, 0.3) is 0 Å². The largest absolute Gasteiger partial charge is 0.496 e. The highest BCUT2D eigenvalue weighted by Gasteiger charge is 2.20. The molecule has 2 aromatic rings. The Balaban J connectivity index is 1.99. The van der Waals surface area contributed by atoms with Gasteiger partial charge in [0.05, 0.1) is 7.11 Å². The van der Waals surface area contributed by atoms with E-state index in [1.54, 1.807) is 7.11 Å². The summed E-state index contributed by atoms with van der Waals surface area (Å²) in [7, 11) is 1.75. The van der Waals surface area contributed by atoms with Crippen LogP contribution in [0.3, 0.4) is 0 Å². The summed E-state index contributed by atoms with van der Waals surface area (Å²) in [5, 5.41) is 6.12. The number of rotatable bonds is 6. The van der Waals surface area contributed by atoms with Gasteiger partial charge in [0.15, 0.2) is 0 Å². The average Bonchev–Trinajstić information content (AvgIpc) is 3.35. The molecule has 1 fully saturated rings. The van der Waals surface area contributed by atoms with Gasteiger partial charge >= 0.3 is 0 Å². The van der Waals surface area contributed by atoms with Crippen molar-refractivity contribution in [1.29, 1.82) is 0 Å². The molecule has 0 bridgehead atoms. The molecule has 0 unspecified atom stereocenters. The molecule has 2 aromatic carbocycles. The predicted octanol–water partition coefficient (Wildman–Crippen LogP) is 4.39. The van der Waals surface area contributed by atoms with Crippen LogP contribution in [0.5, 0.6) is 5.75 Å². The molecule has 0 aromatic heterocycles. The Morgan fingerprint density at radius 1 is 1.24 bits per heavy atom. The summed E-state index contributed by atoms with van der Waals surface area (Å²) >= 11 is 0. The van der Waals surface area contributed by atoms with E-state index in [2.05, 4.69) is 54.7 Å². The van der Waals surface area contributed by atoms with Crippen LogP contribution in [0.2, 0.25) is 0 Å². The third kappa shape index (κ3) is 3.27. The maximum absolute atomic E-state index is 5.57. The number of fused-ring (bicyclic) bond motifs is 1. The number of methoxy groups -OCH3 is 1. The molecular formula is C19H23NO. The third-order valence-electron chi connectivity index (χ3n) is 4.15. The highest BCUT2D eigenvalue weighted by atomic mass is 16.5. The van der Waals surface area contributed by atoms with Crippen LogP contribution < -0.4 is 10.1 Å². The minimum atomic E-state index is 0.745. The minimum Gasteiger partial charge on any atom is -0.496 e. The molecule has 2 nitrogen and oxygen atoms in total. The number of ether oxygens (including phenoxy) is 1. The number of hydrogen-bond donors (Lipinski definition) is 1. The monoisotopic (exact) mass is 281 g/mol. The van der Waals surface area contributed by atoms with Crippen molar-refractivity contribution in [2.24, 2.45) is 0 Å². The normalized spacial score (nSPS) is 15.4. The van der Waals surface area contributed by atoms with Crippen molar-refractivity contribution < 1.29 is 4.74 Å². The first-order valence-electron chi connectivity index (χ1n) is 7.80. The first-order chi connectivity index (χ1) is 10.3. The topological polar surface area (TPSA) is 21.3 Å². The van der Waals surface area contributed by atoms with Crippen LogP contribution in [0, 0.1) is 0 Å². The third-order valence-corrected chi connectivity index (χ3v) is 4.15.